The fourth-order valence-corrected chi connectivity index (χ4v) is 3.03. The number of hydrogen-bond acceptors (Lipinski definition) is 1. The monoisotopic (exact) mass is 407 g/mol. The lowest BCUT2D eigenvalue weighted by molar-refractivity contribution is -0.696. The molecule has 1 aromatic carbocycles. The van der Waals surface area contributed by atoms with Gasteiger partial charge in [0.2, 0.25) is 6.33 Å². The molecule has 2 aromatic rings. The third kappa shape index (κ3) is 8.68. The largest absolute Gasteiger partial charge is 1.00 e. The van der Waals surface area contributed by atoms with Crippen LogP contribution in [-0.4, -0.2) is 29.1 Å². The van der Waals surface area contributed by atoms with E-state index in [1.54, 1.807) is 0 Å². The third-order valence-corrected chi connectivity index (χ3v) is 4.50. The maximum atomic E-state index is 2.65. The van der Waals surface area contributed by atoms with E-state index in [0.29, 0.717) is 0 Å². The molecule has 0 N–H and O–H groups in total. The molecule has 0 fully saturated rings. The molecular formula is C21H34BrN3. The second-order valence-electron chi connectivity index (χ2n) is 6.71. The van der Waals surface area contributed by atoms with Crippen LogP contribution in [0.4, 0.5) is 0 Å². The zero-order valence-corrected chi connectivity index (χ0v) is 17.5. The van der Waals surface area contributed by atoms with E-state index < -0.39 is 0 Å². The van der Waals surface area contributed by atoms with Crippen LogP contribution in [0.25, 0.3) is 0 Å². The van der Waals surface area contributed by atoms with E-state index in [2.05, 4.69) is 76.9 Å². The molecule has 0 saturated heterocycles. The van der Waals surface area contributed by atoms with Gasteiger partial charge in [0.15, 0.2) is 0 Å². The summed E-state index contributed by atoms with van der Waals surface area (Å²) in [6.45, 7) is 10.4. The number of aromatic nitrogens is 2. The van der Waals surface area contributed by atoms with Gasteiger partial charge >= 0.3 is 0 Å². The van der Waals surface area contributed by atoms with Crippen molar-refractivity contribution in [2.45, 2.75) is 59.0 Å². The number of nitrogens with zero attached hydrogens (tertiary/aromatic N) is 3. The molecule has 140 valence electrons. The van der Waals surface area contributed by atoms with Crippen molar-refractivity contribution in [3.63, 3.8) is 0 Å². The zero-order chi connectivity index (χ0) is 17.0. The Morgan fingerprint density at radius 1 is 0.920 bits per heavy atom. The van der Waals surface area contributed by atoms with Gasteiger partial charge in [-0.25, -0.2) is 9.13 Å². The molecular weight excluding hydrogens is 374 g/mol. The minimum atomic E-state index is 0. The first kappa shape index (κ1) is 21.9. The van der Waals surface area contributed by atoms with Crippen LogP contribution >= 0.6 is 0 Å². The Morgan fingerprint density at radius 3 is 2.20 bits per heavy atom. The fraction of sp³-hybridized carbons (Fsp3) is 0.571. The Labute approximate surface area is 164 Å². The highest BCUT2D eigenvalue weighted by Crippen LogP contribution is 2.02. The van der Waals surface area contributed by atoms with E-state index in [4.69, 9.17) is 0 Å². The number of aryl methyl sites for hydroxylation is 1. The molecule has 0 unspecified atom stereocenters. The summed E-state index contributed by atoms with van der Waals surface area (Å²) in [5.41, 5.74) is 1.35. The summed E-state index contributed by atoms with van der Waals surface area (Å²) >= 11 is 0. The van der Waals surface area contributed by atoms with E-state index in [1.807, 2.05) is 0 Å². The van der Waals surface area contributed by atoms with Crippen molar-refractivity contribution in [2.75, 3.05) is 19.6 Å². The summed E-state index contributed by atoms with van der Waals surface area (Å²) in [6, 6.07) is 10.7. The van der Waals surface area contributed by atoms with Crippen molar-refractivity contribution in [2.24, 2.45) is 0 Å². The number of benzene rings is 1. The van der Waals surface area contributed by atoms with E-state index in [0.717, 1.165) is 13.1 Å². The van der Waals surface area contributed by atoms with Gasteiger partial charge in [0.1, 0.15) is 18.9 Å². The van der Waals surface area contributed by atoms with Gasteiger partial charge < -0.3 is 21.9 Å². The van der Waals surface area contributed by atoms with Gasteiger partial charge in [-0.1, -0.05) is 57.0 Å². The van der Waals surface area contributed by atoms with E-state index in [-0.39, 0.29) is 17.0 Å². The van der Waals surface area contributed by atoms with Gasteiger partial charge in [-0.3, -0.25) is 0 Å². The predicted molar refractivity (Wildman–Crippen MR) is 101 cm³/mol. The molecule has 0 saturated carbocycles. The predicted octanol–water partition coefficient (Wildman–Crippen LogP) is 1.12. The van der Waals surface area contributed by atoms with Gasteiger partial charge in [-0.2, -0.15) is 0 Å². The Bertz CT molecular complexity index is 545. The maximum Gasteiger partial charge on any atom is 0.244 e. The lowest BCUT2D eigenvalue weighted by Gasteiger charge is -2.21. The van der Waals surface area contributed by atoms with Gasteiger partial charge in [0.05, 0.1) is 6.54 Å². The van der Waals surface area contributed by atoms with Crippen LogP contribution in [0.15, 0.2) is 49.1 Å². The molecule has 0 amide bonds. The molecule has 0 atom stereocenters. The topological polar surface area (TPSA) is 12.1 Å². The molecule has 2 rings (SSSR count). The average molecular weight is 408 g/mol. The SMILES string of the molecule is CCCCN(CCCC)CCC[n+]1ccn(Cc2ccccc2)c1.[Br-]. The van der Waals surface area contributed by atoms with Crippen LogP contribution < -0.4 is 21.5 Å². The molecule has 0 aliphatic rings. The van der Waals surface area contributed by atoms with Gasteiger partial charge in [-0.05, 0) is 37.9 Å². The number of unbranched alkanes of at least 4 members (excludes halogenated alkanes) is 2. The van der Waals surface area contributed by atoms with Gasteiger partial charge in [0, 0.05) is 6.54 Å². The molecule has 3 nitrogen and oxygen atoms in total. The first-order valence-corrected chi connectivity index (χ1v) is 9.63. The molecule has 25 heavy (non-hydrogen) atoms. The Balaban J connectivity index is 0.00000312. The van der Waals surface area contributed by atoms with Crippen molar-refractivity contribution in [3.8, 4) is 0 Å². The summed E-state index contributed by atoms with van der Waals surface area (Å²) in [7, 11) is 0. The summed E-state index contributed by atoms with van der Waals surface area (Å²) in [4.78, 5) is 2.65. The van der Waals surface area contributed by atoms with Gasteiger partial charge in [0.25, 0.3) is 0 Å². The number of rotatable bonds is 12. The number of hydrogen-bond donors (Lipinski definition) is 0. The van der Waals surface area contributed by atoms with Crippen molar-refractivity contribution in [1.82, 2.24) is 9.47 Å². The highest BCUT2D eigenvalue weighted by Gasteiger charge is 2.07. The van der Waals surface area contributed by atoms with Crippen molar-refractivity contribution >= 4 is 0 Å². The normalized spacial score (nSPS) is 10.8. The Morgan fingerprint density at radius 2 is 1.56 bits per heavy atom. The smallest absolute Gasteiger partial charge is 0.244 e. The van der Waals surface area contributed by atoms with Crippen LogP contribution in [-0.2, 0) is 13.1 Å². The molecule has 1 aromatic heterocycles. The molecule has 0 spiro atoms. The van der Waals surface area contributed by atoms with Gasteiger partial charge in [-0.15, -0.1) is 0 Å². The van der Waals surface area contributed by atoms with Crippen LogP contribution in [0.1, 0.15) is 51.5 Å². The Kier molecular flexibility index (Phi) is 11.5. The standard InChI is InChI=1S/C21H34N3.BrH/c1-3-5-13-22(14-6-4-2)15-10-16-23-17-18-24(20-23)19-21-11-8-7-9-12-21;/h7-9,11-12,17-18,20H,3-6,10,13-16,19H2,1-2H3;1H/q+1;/p-1. The number of imidazole rings is 1. The molecule has 0 radical (unpaired) electrons. The van der Waals surface area contributed by atoms with Crippen LogP contribution in [0.2, 0.25) is 0 Å². The quantitative estimate of drug-likeness (QED) is 0.480. The summed E-state index contributed by atoms with van der Waals surface area (Å²) in [5.74, 6) is 0. The van der Waals surface area contributed by atoms with Crippen LogP contribution in [0, 0.1) is 0 Å². The molecule has 1 heterocycles. The van der Waals surface area contributed by atoms with Crippen LogP contribution in [0.3, 0.4) is 0 Å². The highest BCUT2D eigenvalue weighted by molar-refractivity contribution is 5.14. The van der Waals surface area contributed by atoms with E-state index in [9.17, 15) is 0 Å². The van der Waals surface area contributed by atoms with Crippen molar-refractivity contribution < 1.29 is 21.5 Å². The fourth-order valence-electron chi connectivity index (χ4n) is 3.03. The number of halogens is 1. The molecule has 4 heteroatoms. The molecule has 0 aliphatic heterocycles. The van der Waals surface area contributed by atoms with Crippen molar-refractivity contribution in [1.29, 1.82) is 0 Å². The zero-order valence-electron chi connectivity index (χ0n) is 15.9. The maximum absolute atomic E-state index is 2.65. The Hall–Kier alpha value is -1.13. The summed E-state index contributed by atoms with van der Waals surface area (Å²) < 4.78 is 4.59. The molecule has 0 bridgehead atoms. The third-order valence-electron chi connectivity index (χ3n) is 4.50. The summed E-state index contributed by atoms with van der Waals surface area (Å²) in [6.07, 6.45) is 13.1. The highest BCUT2D eigenvalue weighted by atomic mass is 79.9. The minimum absolute atomic E-state index is 0. The summed E-state index contributed by atoms with van der Waals surface area (Å²) in [5, 5.41) is 0. The van der Waals surface area contributed by atoms with Crippen LogP contribution in [0.5, 0.6) is 0 Å². The minimum Gasteiger partial charge on any atom is -1.00 e. The van der Waals surface area contributed by atoms with E-state index >= 15 is 0 Å². The van der Waals surface area contributed by atoms with Crippen molar-refractivity contribution in [3.05, 3.63) is 54.6 Å². The first-order chi connectivity index (χ1) is 11.8. The second-order valence-corrected chi connectivity index (χ2v) is 6.71. The first-order valence-electron chi connectivity index (χ1n) is 9.63. The second kappa shape index (κ2) is 13.1. The average Bonchev–Trinajstić information content (AvgIpc) is 3.05. The molecule has 0 aliphatic carbocycles. The van der Waals surface area contributed by atoms with E-state index in [1.165, 1.54) is 57.3 Å². The lowest BCUT2D eigenvalue weighted by Crippen LogP contribution is -3.00. The lowest BCUT2D eigenvalue weighted by atomic mass is 10.2.